The summed E-state index contributed by atoms with van der Waals surface area (Å²) in [5.74, 6) is 1.72. The van der Waals surface area contributed by atoms with Crippen LogP contribution in [-0.4, -0.2) is 26.5 Å². The molecular formula is C27H24FN5O. The SMILES string of the molecule is COc1ccc(CN(c2ccnc(-c3cnc4ccc(F)cn34)n2)[C@@H](C)c2ccccc2)cc1. The number of benzene rings is 2. The lowest BCUT2D eigenvalue weighted by atomic mass is 10.1. The molecule has 6 nitrogen and oxygen atoms in total. The fourth-order valence-corrected chi connectivity index (χ4v) is 4.01. The molecule has 0 unspecified atom stereocenters. The molecule has 5 rings (SSSR count). The minimum Gasteiger partial charge on any atom is -0.497 e. The Morgan fingerprint density at radius 2 is 1.76 bits per heavy atom. The fraction of sp³-hybridized carbons (Fsp3) is 0.148. The van der Waals surface area contributed by atoms with Crippen molar-refractivity contribution < 1.29 is 9.13 Å². The number of rotatable bonds is 7. The third-order valence-corrected chi connectivity index (χ3v) is 5.90. The van der Waals surface area contributed by atoms with Crippen LogP contribution in [0.5, 0.6) is 5.75 Å². The number of pyridine rings is 1. The predicted molar refractivity (Wildman–Crippen MR) is 130 cm³/mol. The average Bonchev–Trinajstić information content (AvgIpc) is 3.31. The highest BCUT2D eigenvalue weighted by Gasteiger charge is 2.20. The van der Waals surface area contributed by atoms with Gasteiger partial charge in [-0.2, -0.15) is 0 Å². The first-order valence-corrected chi connectivity index (χ1v) is 11.0. The van der Waals surface area contributed by atoms with Crippen molar-refractivity contribution >= 4 is 11.5 Å². The summed E-state index contributed by atoms with van der Waals surface area (Å²) >= 11 is 0. The molecule has 2 aromatic carbocycles. The number of halogens is 1. The minimum absolute atomic E-state index is 0.0469. The van der Waals surface area contributed by atoms with E-state index in [0.717, 1.165) is 17.1 Å². The van der Waals surface area contributed by atoms with Crippen molar-refractivity contribution in [2.45, 2.75) is 19.5 Å². The highest BCUT2D eigenvalue weighted by atomic mass is 19.1. The smallest absolute Gasteiger partial charge is 0.180 e. The van der Waals surface area contributed by atoms with Crippen molar-refractivity contribution in [3.05, 3.63) is 108 Å². The molecule has 7 heteroatoms. The maximum Gasteiger partial charge on any atom is 0.180 e. The van der Waals surface area contributed by atoms with Gasteiger partial charge in [-0.25, -0.2) is 19.3 Å². The molecule has 34 heavy (non-hydrogen) atoms. The number of ether oxygens (including phenoxy) is 1. The molecular weight excluding hydrogens is 429 g/mol. The summed E-state index contributed by atoms with van der Waals surface area (Å²) in [6.45, 7) is 2.79. The zero-order chi connectivity index (χ0) is 23.5. The lowest BCUT2D eigenvalue weighted by Crippen LogP contribution is -2.27. The molecule has 0 fully saturated rings. The van der Waals surface area contributed by atoms with Gasteiger partial charge in [-0.05, 0) is 48.4 Å². The topological polar surface area (TPSA) is 55.5 Å². The van der Waals surface area contributed by atoms with Crippen LogP contribution in [0, 0.1) is 5.82 Å². The van der Waals surface area contributed by atoms with E-state index in [1.54, 1.807) is 30.0 Å². The first-order chi connectivity index (χ1) is 16.6. The lowest BCUT2D eigenvalue weighted by Gasteiger charge is -2.31. The normalized spacial score (nSPS) is 12.0. The summed E-state index contributed by atoms with van der Waals surface area (Å²) in [6, 6.07) is 23.3. The van der Waals surface area contributed by atoms with Crippen LogP contribution < -0.4 is 9.64 Å². The highest BCUT2D eigenvalue weighted by molar-refractivity contribution is 5.59. The second kappa shape index (κ2) is 9.31. The zero-order valence-electron chi connectivity index (χ0n) is 19.0. The number of aromatic nitrogens is 4. The maximum absolute atomic E-state index is 13.9. The van der Waals surface area contributed by atoms with E-state index in [4.69, 9.17) is 9.72 Å². The van der Waals surface area contributed by atoms with Crippen molar-refractivity contribution in [2.24, 2.45) is 0 Å². The van der Waals surface area contributed by atoms with Crippen LogP contribution in [0.15, 0.2) is 91.4 Å². The van der Waals surface area contributed by atoms with Gasteiger partial charge < -0.3 is 9.64 Å². The Morgan fingerprint density at radius 1 is 0.971 bits per heavy atom. The first kappa shape index (κ1) is 21.6. The minimum atomic E-state index is -0.346. The van der Waals surface area contributed by atoms with Crippen LogP contribution in [0.3, 0.4) is 0 Å². The van der Waals surface area contributed by atoms with Gasteiger partial charge in [0, 0.05) is 18.9 Å². The van der Waals surface area contributed by atoms with Gasteiger partial charge in [-0.1, -0.05) is 42.5 Å². The van der Waals surface area contributed by atoms with E-state index in [1.165, 1.54) is 17.8 Å². The third kappa shape index (κ3) is 4.32. The van der Waals surface area contributed by atoms with Crippen molar-refractivity contribution in [1.29, 1.82) is 0 Å². The van der Waals surface area contributed by atoms with Gasteiger partial charge in [0.05, 0.1) is 19.3 Å². The van der Waals surface area contributed by atoms with E-state index in [1.807, 2.05) is 36.4 Å². The van der Waals surface area contributed by atoms with Crippen LogP contribution >= 0.6 is 0 Å². The van der Waals surface area contributed by atoms with E-state index in [0.29, 0.717) is 23.7 Å². The second-order valence-corrected chi connectivity index (χ2v) is 8.02. The van der Waals surface area contributed by atoms with Gasteiger partial charge in [0.1, 0.15) is 28.7 Å². The Balaban J connectivity index is 1.55. The van der Waals surface area contributed by atoms with Gasteiger partial charge in [0.15, 0.2) is 5.82 Å². The molecule has 0 saturated heterocycles. The summed E-state index contributed by atoms with van der Waals surface area (Å²) in [6.07, 6.45) is 4.80. The van der Waals surface area contributed by atoms with Gasteiger partial charge in [0.25, 0.3) is 0 Å². The van der Waals surface area contributed by atoms with Gasteiger partial charge >= 0.3 is 0 Å². The largest absolute Gasteiger partial charge is 0.497 e. The summed E-state index contributed by atoms with van der Waals surface area (Å²) in [7, 11) is 1.66. The van der Waals surface area contributed by atoms with Crippen LogP contribution in [-0.2, 0) is 6.54 Å². The third-order valence-electron chi connectivity index (χ3n) is 5.90. The molecule has 0 aliphatic carbocycles. The van der Waals surface area contributed by atoms with Crippen LogP contribution in [0.2, 0.25) is 0 Å². The molecule has 0 aliphatic rings. The van der Waals surface area contributed by atoms with E-state index >= 15 is 0 Å². The number of imidazole rings is 1. The van der Waals surface area contributed by atoms with Crippen molar-refractivity contribution in [1.82, 2.24) is 19.4 Å². The van der Waals surface area contributed by atoms with Gasteiger partial charge in [0.2, 0.25) is 0 Å². The Labute approximate surface area is 197 Å². The summed E-state index contributed by atoms with van der Waals surface area (Å²) in [5.41, 5.74) is 3.57. The molecule has 0 radical (unpaired) electrons. The zero-order valence-corrected chi connectivity index (χ0v) is 19.0. The van der Waals surface area contributed by atoms with Gasteiger partial charge in [-0.3, -0.25) is 4.40 Å². The molecule has 3 aromatic heterocycles. The Bertz CT molecular complexity index is 1400. The monoisotopic (exact) mass is 453 g/mol. The lowest BCUT2D eigenvalue weighted by molar-refractivity contribution is 0.414. The number of nitrogens with zero attached hydrogens (tertiary/aromatic N) is 5. The standard InChI is InChI=1S/C27H24FN5O/c1-19(21-6-4-3-5-7-21)32(17-20-8-11-23(34-2)12-9-20)26-14-15-29-27(31-26)24-16-30-25-13-10-22(28)18-33(24)25/h3-16,18-19H,17H2,1-2H3/t19-/m0/s1. The van der Waals surface area contributed by atoms with Crippen molar-refractivity contribution in [2.75, 3.05) is 12.0 Å². The number of anilines is 1. The molecule has 0 amide bonds. The summed E-state index contributed by atoms with van der Waals surface area (Å²) < 4.78 is 20.9. The van der Waals surface area contributed by atoms with E-state index in [9.17, 15) is 4.39 Å². The average molecular weight is 454 g/mol. The number of hydrogen-bond acceptors (Lipinski definition) is 5. The predicted octanol–water partition coefficient (Wildman–Crippen LogP) is 5.71. The quantitative estimate of drug-likeness (QED) is 0.316. The molecule has 0 bridgehead atoms. The van der Waals surface area contributed by atoms with E-state index in [2.05, 4.69) is 46.1 Å². The van der Waals surface area contributed by atoms with Crippen molar-refractivity contribution in [3.8, 4) is 17.3 Å². The number of fused-ring (bicyclic) bond motifs is 1. The Morgan fingerprint density at radius 3 is 2.53 bits per heavy atom. The Kier molecular flexibility index (Phi) is 5.91. The van der Waals surface area contributed by atoms with Crippen LogP contribution in [0.4, 0.5) is 10.2 Å². The molecule has 0 saturated carbocycles. The fourth-order valence-electron chi connectivity index (χ4n) is 4.01. The molecule has 0 spiro atoms. The number of hydrogen-bond donors (Lipinski definition) is 0. The highest BCUT2D eigenvalue weighted by Crippen LogP contribution is 2.29. The molecule has 1 atom stereocenters. The molecule has 0 N–H and O–H groups in total. The number of methoxy groups -OCH3 is 1. The summed E-state index contributed by atoms with van der Waals surface area (Å²) in [4.78, 5) is 15.9. The molecule has 3 heterocycles. The van der Waals surface area contributed by atoms with Crippen LogP contribution in [0.1, 0.15) is 24.1 Å². The molecule has 5 aromatic rings. The van der Waals surface area contributed by atoms with Crippen LogP contribution in [0.25, 0.3) is 17.2 Å². The molecule has 0 aliphatic heterocycles. The molecule has 170 valence electrons. The van der Waals surface area contributed by atoms with E-state index in [-0.39, 0.29) is 11.9 Å². The van der Waals surface area contributed by atoms with Gasteiger partial charge in [-0.15, -0.1) is 0 Å². The van der Waals surface area contributed by atoms with Crippen molar-refractivity contribution in [3.63, 3.8) is 0 Å². The summed E-state index contributed by atoms with van der Waals surface area (Å²) in [5, 5.41) is 0. The Hall–Kier alpha value is -4.26. The van der Waals surface area contributed by atoms with E-state index < -0.39 is 0 Å². The maximum atomic E-state index is 13.9. The first-order valence-electron chi connectivity index (χ1n) is 11.0. The second-order valence-electron chi connectivity index (χ2n) is 8.02.